The molecule has 1 amide bonds. The van der Waals surface area contributed by atoms with Gasteiger partial charge in [0.15, 0.2) is 0 Å². The van der Waals surface area contributed by atoms with Crippen LogP contribution in [0.25, 0.3) is 0 Å². The van der Waals surface area contributed by atoms with E-state index in [4.69, 9.17) is 71.8 Å². The minimum absolute atomic E-state index is 0.00457. The van der Waals surface area contributed by atoms with E-state index in [1.807, 2.05) is 0 Å². The van der Waals surface area contributed by atoms with Gasteiger partial charge in [0.05, 0.1) is 165 Å². The third kappa shape index (κ3) is 45.6. The van der Waals surface area contributed by atoms with Crippen molar-refractivity contribution in [3.63, 3.8) is 0 Å². The van der Waals surface area contributed by atoms with Crippen LogP contribution in [-0.4, -0.2) is 212 Å². The van der Waals surface area contributed by atoms with Crippen LogP contribution in [0.3, 0.4) is 0 Å². The van der Waals surface area contributed by atoms with Crippen molar-refractivity contribution in [3.05, 3.63) is 0 Å². The minimum Gasteiger partial charge on any atom is -0.481 e. The molecule has 0 saturated heterocycles. The second-order valence-electron chi connectivity index (χ2n) is 11.4. The number of carboxylic acids is 2. The molecular formula is C36H65NO20. The third-order valence-corrected chi connectivity index (χ3v) is 6.73. The fourth-order valence-electron chi connectivity index (χ4n) is 3.84. The van der Waals surface area contributed by atoms with E-state index in [1.165, 1.54) is 0 Å². The Labute approximate surface area is 334 Å². The Morgan fingerprint density at radius 2 is 0.649 bits per heavy atom. The molecule has 0 aliphatic carbocycles. The van der Waals surface area contributed by atoms with Gasteiger partial charge in [0.2, 0.25) is 11.7 Å². The molecule has 0 atom stereocenters. The van der Waals surface area contributed by atoms with Gasteiger partial charge in [-0.25, -0.2) is 4.79 Å². The van der Waals surface area contributed by atoms with Crippen molar-refractivity contribution in [2.45, 2.75) is 32.1 Å². The molecule has 57 heavy (non-hydrogen) atoms. The molecule has 0 aromatic rings. The molecule has 0 rings (SSSR count). The number of ketones is 1. The highest BCUT2D eigenvalue weighted by molar-refractivity contribution is 6.32. The molecule has 0 saturated carbocycles. The Morgan fingerprint density at radius 1 is 0.351 bits per heavy atom. The van der Waals surface area contributed by atoms with Crippen molar-refractivity contribution in [1.82, 2.24) is 5.32 Å². The van der Waals surface area contributed by atoms with Gasteiger partial charge < -0.3 is 77.1 Å². The lowest BCUT2D eigenvalue weighted by molar-refractivity contribution is -0.151. The molecule has 0 spiro atoms. The van der Waals surface area contributed by atoms with E-state index in [9.17, 15) is 24.0 Å². The Balaban J connectivity index is 3.14. The van der Waals surface area contributed by atoms with Crippen molar-refractivity contribution in [2.75, 3.05) is 172 Å². The Bertz CT molecular complexity index is 974. The quantitative estimate of drug-likeness (QED) is 0.0398. The number of carbonyl (C=O) groups excluding carboxylic acids is 3. The van der Waals surface area contributed by atoms with Gasteiger partial charge in [0.25, 0.3) is 0 Å². The zero-order valence-corrected chi connectivity index (χ0v) is 33.2. The van der Waals surface area contributed by atoms with Crippen LogP contribution < -0.4 is 5.32 Å². The lowest BCUT2D eigenvalue weighted by Gasteiger charge is -2.09. The lowest BCUT2D eigenvalue weighted by atomic mass is 10.2. The number of rotatable bonds is 47. The monoisotopic (exact) mass is 831 g/mol. The average molecular weight is 832 g/mol. The first-order chi connectivity index (χ1) is 27.8. The fourth-order valence-corrected chi connectivity index (χ4v) is 3.84. The first kappa shape index (κ1) is 54.1. The minimum atomic E-state index is -1.57. The van der Waals surface area contributed by atoms with Crippen molar-refractivity contribution >= 4 is 29.6 Å². The predicted molar refractivity (Wildman–Crippen MR) is 197 cm³/mol. The first-order valence-corrected chi connectivity index (χ1v) is 19.2. The molecule has 0 heterocycles. The van der Waals surface area contributed by atoms with E-state index in [0.29, 0.717) is 165 Å². The van der Waals surface area contributed by atoms with Crippen LogP contribution in [-0.2, 0) is 85.6 Å². The number of ether oxygens (including phenoxy) is 13. The SMILES string of the molecule is O=C(O)CCC(=O)NCCCOCCOCCOCCOCCOCCOCCOCCOCCOCCOCCOCCOCCOC(=O)CCC(=O)C(=O)O. The van der Waals surface area contributed by atoms with Crippen LogP contribution in [0, 0.1) is 0 Å². The van der Waals surface area contributed by atoms with Gasteiger partial charge in [0, 0.05) is 26.0 Å². The zero-order valence-electron chi connectivity index (χ0n) is 33.2. The fraction of sp³-hybridized carbons (Fsp3) is 0.861. The average Bonchev–Trinajstić information content (AvgIpc) is 3.19. The number of carboxylic acid groups (broad SMARTS) is 2. The second kappa shape index (κ2) is 44.2. The van der Waals surface area contributed by atoms with E-state index in [-0.39, 0.29) is 38.4 Å². The lowest BCUT2D eigenvalue weighted by Crippen LogP contribution is -2.25. The molecule has 21 nitrogen and oxygen atoms in total. The summed E-state index contributed by atoms with van der Waals surface area (Å²) in [7, 11) is 0. The summed E-state index contributed by atoms with van der Waals surface area (Å²) in [5.74, 6) is -4.53. The number of hydrogen-bond acceptors (Lipinski definition) is 18. The Hall–Kier alpha value is -2.93. The summed E-state index contributed by atoms with van der Waals surface area (Å²) in [5.41, 5.74) is 0. The van der Waals surface area contributed by atoms with Gasteiger partial charge >= 0.3 is 17.9 Å². The highest BCUT2D eigenvalue weighted by Gasteiger charge is 2.14. The molecule has 3 N–H and O–H groups in total. The molecular weight excluding hydrogens is 766 g/mol. The van der Waals surface area contributed by atoms with Crippen LogP contribution >= 0.6 is 0 Å². The van der Waals surface area contributed by atoms with Crippen LogP contribution in [0.5, 0.6) is 0 Å². The summed E-state index contributed by atoms with van der Waals surface area (Å²) in [6.07, 6.45) is -0.231. The van der Waals surface area contributed by atoms with Gasteiger partial charge in [-0.1, -0.05) is 0 Å². The summed E-state index contributed by atoms with van der Waals surface area (Å²) in [5, 5.41) is 19.6. The largest absolute Gasteiger partial charge is 0.481 e. The number of carbonyl (C=O) groups is 5. The van der Waals surface area contributed by atoms with Crippen molar-refractivity contribution in [3.8, 4) is 0 Å². The van der Waals surface area contributed by atoms with Gasteiger partial charge in [-0.3, -0.25) is 19.2 Å². The maximum Gasteiger partial charge on any atom is 0.372 e. The van der Waals surface area contributed by atoms with Crippen LogP contribution in [0.1, 0.15) is 32.1 Å². The molecule has 0 bridgehead atoms. The van der Waals surface area contributed by atoms with Gasteiger partial charge in [-0.05, 0) is 6.42 Å². The Morgan fingerprint density at radius 3 is 0.947 bits per heavy atom. The van der Waals surface area contributed by atoms with Crippen LogP contribution in [0.2, 0.25) is 0 Å². The molecule has 0 aromatic carbocycles. The maximum atomic E-state index is 11.4. The number of amides is 1. The second-order valence-corrected chi connectivity index (χ2v) is 11.4. The van der Waals surface area contributed by atoms with Gasteiger partial charge in [0.1, 0.15) is 6.61 Å². The number of aliphatic carboxylic acids is 2. The van der Waals surface area contributed by atoms with Gasteiger partial charge in [-0.2, -0.15) is 0 Å². The van der Waals surface area contributed by atoms with Gasteiger partial charge in [-0.15, -0.1) is 0 Å². The molecule has 334 valence electrons. The molecule has 0 aliphatic heterocycles. The summed E-state index contributed by atoms with van der Waals surface area (Å²) in [4.78, 5) is 54.5. The summed E-state index contributed by atoms with van der Waals surface area (Å²) >= 11 is 0. The van der Waals surface area contributed by atoms with E-state index < -0.39 is 30.1 Å². The van der Waals surface area contributed by atoms with Crippen molar-refractivity contribution in [2.24, 2.45) is 0 Å². The normalized spacial score (nSPS) is 11.2. The van der Waals surface area contributed by atoms with Crippen LogP contribution in [0.4, 0.5) is 0 Å². The first-order valence-electron chi connectivity index (χ1n) is 19.2. The molecule has 0 fully saturated rings. The zero-order chi connectivity index (χ0) is 41.7. The molecule has 0 aliphatic rings. The summed E-state index contributed by atoms with van der Waals surface area (Å²) in [6, 6.07) is 0. The maximum absolute atomic E-state index is 11.4. The number of esters is 1. The van der Waals surface area contributed by atoms with Crippen molar-refractivity contribution < 1.29 is 95.8 Å². The number of hydrogen-bond donors (Lipinski definition) is 3. The van der Waals surface area contributed by atoms with Crippen LogP contribution in [0.15, 0.2) is 0 Å². The highest BCUT2D eigenvalue weighted by Crippen LogP contribution is 1.95. The number of Topliss-reactive ketones (excluding diaryl/α,β-unsaturated/α-hetero) is 1. The van der Waals surface area contributed by atoms with E-state index in [2.05, 4.69) is 5.32 Å². The molecule has 0 aromatic heterocycles. The molecule has 0 unspecified atom stereocenters. The standard InChI is InChI=1S/C36H65NO20/c38-32(36(43)44)2-5-35(42)57-31-30-56-29-28-55-27-26-54-25-24-53-23-22-52-21-20-51-19-18-50-17-16-49-15-14-48-13-12-47-11-10-46-9-8-45-7-1-6-37-33(39)3-4-34(40)41/h1-31H2,(H,37,39)(H,40,41)(H,43,44). The molecule has 21 heteroatoms. The molecule has 0 radical (unpaired) electrons. The van der Waals surface area contributed by atoms with E-state index in [0.717, 1.165) is 0 Å². The summed E-state index contributed by atoms with van der Waals surface area (Å²) < 4.78 is 69.9. The highest BCUT2D eigenvalue weighted by atomic mass is 16.6. The van der Waals surface area contributed by atoms with Crippen molar-refractivity contribution in [1.29, 1.82) is 0 Å². The topological polar surface area (TPSA) is 258 Å². The Kier molecular flexibility index (Phi) is 41.9. The predicted octanol–water partition coefficient (Wildman–Crippen LogP) is -0.466. The smallest absolute Gasteiger partial charge is 0.372 e. The third-order valence-electron chi connectivity index (χ3n) is 6.73. The summed E-state index contributed by atoms with van der Waals surface area (Å²) in [6.45, 7) is 10.6. The van der Waals surface area contributed by atoms with E-state index in [1.54, 1.807) is 0 Å². The van der Waals surface area contributed by atoms with E-state index >= 15 is 0 Å². The number of nitrogens with one attached hydrogen (secondary N) is 1.